The minimum atomic E-state index is 0.786. The molecular weight excluding hydrogens is 116 g/mol. The van der Waals surface area contributed by atoms with Crippen molar-refractivity contribution in [1.82, 2.24) is 10.4 Å². The van der Waals surface area contributed by atoms with Gasteiger partial charge in [0.2, 0.25) is 0 Å². The van der Waals surface area contributed by atoms with Crippen molar-refractivity contribution < 1.29 is 4.74 Å². The van der Waals surface area contributed by atoms with E-state index < -0.39 is 0 Å². The molecule has 1 N–H and O–H groups in total. The van der Waals surface area contributed by atoms with Crippen LogP contribution in [-0.2, 0) is 4.74 Å². The highest BCUT2D eigenvalue weighted by Gasteiger charge is 1.94. The molecule has 0 aliphatic heterocycles. The van der Waals surface area contributed by atoms with Crippen molar-refractivity contribution in [2.45, 2.75) is 6.92 Å². The third-order valence-electron chi connectivity index (χ3n) is 1.26. The number of hydrazine groups is 1. The zero-order valence-electron chi connectivity index (χ0n) is 6.48. The van der Waals surface area contributed by atoms with Crippen molar-refractivity contribution in [2.75, 3.05) is 33.9 Å². The molecular formula is C6H16N2O. The van der Waals surface area contributed by atoms with Gasteiger partial charge in [0.15, 0.2) is 0 Å². The van der Waals surface area contributed by atoms with Gasteiger partial charge in [-0.15, -0.1) is 0 Å². The molecule has 0 amide bonds. The third kappa shape index (κ3) is 4.39. The highest BCUT2D eigenvalue weighted by atomic mass is 16.5. The number of methoxy groups -OCH3 is 1. The number of ether oxygens (including phenoxy) is 1. The Morgan fingerprint density at radius 1 is 1.56 bits per heavy atom. The lowest BCUT2D eigenvalue weighted by Crippen LogP contribution is -2.37. The van der Waals surface area contributed by atoms with Crippen LogP contribution in [0.4, 0.5) is 0 Å². The molecule has 0 atom stereocenters. The Morgan fingerprint density at radius 3 is 2.56 bits per heavy atom. The summed E-state index contributed by atoms with van der Waals surface area (Å²) in [5, 5.41) is 2.09. The summed E-state index contributed by atoms with van der Waals surface area (Å²) >= 11 is 0. The molecule has 3 nitrogen and oxygen atoms in total. The molecule has 56 valence electrons. The normalized spacial score (nSPS) is 10.7. The van der Waals surface area contributed by atoms with Gasteiger partial charge in [0.05, 0.1) is 6.61 Å². The lowest BCUT2D eigenvalue weighted by molar-refractivity contribution is 0.127. The number of hydrogen-bond donors (Lipinski definition) is 1. The zero-order valence-corrected chi connectivity index (χ0v) is 6.48. The lowest BCUT2D eigenvalue weighted by atomic mass is 10.6. The monoisotopic (exact) mass is 132 g/mol. The maximum Gasteiger partial charge on any atom is 0.0603 e. The average molecular weight is 132 g/mol. The second-order valence-electron chi connectivity index (χ2n) is 1.80. The van der Waals surface area contributed by atoms with Crippen LogP contribution in [0, 0.1) is 0 Å². The van der Waals surface area contributed by atoms with E-state index in [2.05, 4.69) is 17.4 Å². The number of nitrogens with zero attached hydrogens (tertiary/aromatic N) is 1. The van der Waals surface area contributed by atoms with Crippen LogP contribution in [-0.4, -0.2) is 38.9 Å². The lowest BCUT2D eigenvalue weighted by Gasteiger charge is -2.17. The van der Waals surface area contributed by atoms with E-state index in [1.807, 2.05) is 7.05 Å². The molecule has 0 aromatic carbocycles. The standard InChI is InChI=1S/C6H16N2O/c1-4-8(7-2)5-6-9-3/h7H,4-6H2,1-3H3. The van der Waals surface area contributed by atoms with E-state index in [0.717, 1.165) is 19.7 Å². The van der Waals surface area contributed by atoms with Crippen LogP contribution in [0.5, 0.6) is 0 Å². The van der Waals surface area contributed by atoms with E-state index >= 15 is 0 Å². The van der Waals surface area contributed by atoms with E-state index in [0.29, 0.717) is 0 Å². The molecule has 3 heteroatoms. The minimum Gasteiger partial charge on any atom is -0.383 e. The highest BCUT2D eigenvalue weighted by Crippen LogP contribution is 1.78. The van der Waals surface area contributed by atoms with Crippen molar-refractivity contribution in [1.29, 1.82) is 0 Å². The van der Waals surface area contributed by atoms with Crippen LogP contribution < -0.4 is 5.43 Å². The molecule has 0 saturated heterocycles. The summed E-state index contributed by atoms with van der Waals surface area (Å²) in [5.41, 5.74) is 3.04. The summed E-state index contributed by atoms with van der Waals surface area (Å²) in [6, 6.07) is 0. The molecule has 0 bridgehead atoms. The van der Waals surface area contributed by atoms with E-state index in [4.69, 9.17) is 4.74 Å². The summed E-state index contributed by atoms with van der Waals surface area (Å²) in [5.74, 6) is 0. The fourth-order valence-corrected chi connectivity index (χ4v) is 0.630. The van der Waals surface area contributed by atoms with Crippen molar-refractivity contribution >= 4 is 0 Å². The maximum atomic E-state index is 4.89. The zero-order chi connectivity index (χ0) is 7.11. The number of likely N-dealkylation sites (N-methyl/N-ethyl adjacent to an activating group) is 1. The van der Waals surface area contributed by atoms with E-state index in [-0.39, 0.29) is 0 Å². The predicted octanol–water partition coefficient (Wildman–Crippen LogP) is 0.0891. The van der Waals surface area contributed by atoms with Crippen LogP contribution in [0.1, 0.15) is 6.92 Å². The molecule has 0 aromatic heterocycles. The number of nitrogens with one attached hydrogen (secondary N) is 1. The molecule has 0 heterocycles. The Kier molecular flexibility index (Phi) is 5.93. The first-order valence-electron chi connectivity index (χ1n) is 3.26. The van der Waals surface area contributed by atoms with Gasteiger partial charge >= 0.3 is 0 Å². The van der Waals surface area contributed by atoms with Gasteiger partial charge in [0.1, 0.15) is 0 Å². The third-order valence-corrected chi connectivity index (χ3v) is 1.26. The van der Waals surface area contributed by atoms with Crippen LogP contribution in [0.3, 0.4) is 0 Å². The second-order valence-corrected chi connectivity index (χ2v) is 1.80. The molecule has 0 saturated carbocycles. The quantitative estimate of drug-likeness (QED) is 0.536. The van der Waals surface area contributed by atoms with Gasteiger partial charge < -0.3 is 4.74 Å². The van der Waals surface area contributed by atoms with Crippen molar-refractivity contribution in [2.24, 2.45) is 0 Å². The molecule has 0 aromatic rings. The van der Waals surface area contributed by atoms with Crippen LogP contribution >= 0.6 is 0 Å². The Morgan fingerprint density at radius 2 is 2.22 bits per heavy atom. The molecule has 0 fully saturated rings. The average Bonchev–Trinajstić information content (AvgIpc) is 1.91. The first-order chi connectivity index (χ1) is 4.35. The Balaban J connectivity index is 3.09. The minimum absolute atomic E-state index is 0.786. The van der Waals surface area contributed by atoms with Crippen molar-refractivity contribution in [3.8, 4) is 0 Å². The van der Waals surface area contributed by atoms with Crippen LogP contribution in [0.15, 0.2) is 0 Å². The van der Waals surface area contributed by atoms with E-state index in [1.54, 1.807) is 7.11 Å². The number of rotatable bonds is 5. The smallest absolute Gasteiger partial charge is 0.0603 e. The maximum absolute atomic E-state index is 4.89. The van der Waals surface area contributed by atoms with E-state index in [9.17, 15) is 0 Å². The van der Waals surface area contributed by atoms with Gasteiger partial charge in [-0.1, -0.05) is 6.92 Å². The van der Waals surface area contributed by atoms with Gasteiger partial charge in [0.25, 0.3) is 0 Å². The molecule has 0 rings (SSSR count). The molecule has 0 aliphatic carbocycles. The van der Waals surface area contributed by atoms with Crippen molar-refractivity contribution in [3.63, 3.8) is 0 Å². The summed E-state index contributed by atoms with van der Waals surface area (Å²) in [7, 11) is 3.63. The molecule has 0 aliphatic rings. The van der Waals surface area contributed by atoms with Gasteiger partial charge in [0, 0.05) is 20.2 Å². The van der Waals surface area contributed by atoms with Crippen molar-refractivity contribution in [3.05, 3.63) is 0 Å². The van der Waals surface area contributed by atoms with Gasteiger partial charge in [-0.3, -0.25) is 5.43 Å². The molecule has 9 heavy (non-hydrogen) atoms. The fourth-order valence-electron chi connectivity index (χ4n) is 0.630. The van der Waals surface area contributed by atoms with Crippen LogP contribution in [0.25, 0.3) is 0 Å². The summed E-state index contributed by atoms with van der Waals surface area (Å²) in [6.45, 7) is 4.85. The Hall–Kier alpha value is -0.120. The largest absolute Gasteiger partial charge is 0.383 e. The predicted molar refractivity (Wildman–Crippen MR) is 38.2 cm³/mol. The Bertz CT molecular complexity index is 55.0. The summed E-state index contributed by atoms with van der Waals surface area (Å²) in [6.07, 6.45) is 0. The number of hydrogen-bond acceptors (Lipinski definition) is 3. The topological polar surface area (TPSA) is 24.5 Å². The molecule has 0 radical (unpaired) electrons. The second kappa shape index (κ2) is 6.01. The van der Waals surface area contributed by atoms with Gasteiger partial charge in [-0.25, -0.2) is 5.01 Å². The molecule has 0 spiro atoms. The van der Waals surface area contributed by atoms with Gasteiger partial charge in [-0.2, -0.15) is 0 Å². The van der Waals surface area contributed by atoms with Crippen LogP contribution in [0.2, 0.25) is 0 Å². The SMILES string of the molecule is CCN(CCOC)NC. The summed E-state index contributed by atoms with van der Waals surface area (Å²) in [4.78, 5) is 0. The molecule has 0 unspecified atom stereocenters. The highest BCUT2D eigenvalue weighted by molar-refractivity contribution is 4.43. The fraction of sp³-hybridized carbons (Fsp3) is 1.00. The van der Waals surface area contributed by atoms with Gasteiger partial charge in [-0.05, 0) is 7.05 Å². The summed E-state index contributed by atoms with van der Waals surface area (Å²) < 4.78 is 4.89. The first kappa shape index (κ1) is 8.88. The Labute approximate surface area is 57.0 Å². The van der Waals surface area contributed by atoms with E-state index in [1.165, 1.54) is 0 Å². The first-order valence-corrected chi connectivity index (χ1v) is 3.26.